The highest BCUT2D eigenvalue weighted by Crippen LogP contribution is 2.31. The van der Waals surface area contributed by atoms with Crippen molar-refractivity contribution < 1.29 is 9.66 Å². The van der Waals surface area contributed by atoms with Crippen LogP contribution in [0.4, 0.5) is 5.69 Å². The van der Waals surface area contributed by atoms with Gasteiger partial charge < -0.3 is 4.74 Å². The van der Waals surface area contributed by atoms with Crippen LogP contribution in [0.25, 0.3) is 0 Å². The quantitative estimate of drug-likeness (QED) is 0.430. The maximum absolute atomic E-state index is 10.8. The van der Waals surface area contributed by atoms with E-state index in [0.717, 1.165) is 10.0 Å². The fourth-order valence-electron chi connectivity index (χ4n) is 1.78. The number of hydrogen-bond acceptors (Lipinski definition) is 3. The highest BCUT2D eigenvalue weighted by atomic mass is 79.9. The predicted octanol–water partition coefficient (Wildman–Crippen LogP) is 5.20. The second-order valence-electron chi connectivity index (χ2n) is 4.19. The van der Waals surface area contributed by atoms with Gasteiger partial charge in [-0.25, -0.2) is 0 Å². The van der Waals surface area contributed by atoms with Gasteiger partial charge in [-0.05, 0) is 37.3 Å². The zero-order chi connectivity index (χ0) is 14.7. The van der Waals surface area contributed by atoms with Crippen LogP contribution in [0.1, 0.15) is 11.1 Å². The van der Waals surface area contributed by atoms with Gasteiger partial charge in [-0.2, -0.15) is 0 Å². The Labute approximate surface area is 129 Å². The molecule has 104 valence electrons. The zero-order valence-corrected chi connectivity index (χ0v) is 12.9. The van der Waals surface area contributed by atoms with E-state index in [-0.39, 0.29) is 5.69 Å². The van der Waals surface area contributed by atoms with Crippen LogP contribution in [-0.4, -0.2) is 4.92 Å². The molecular formula is C14H11BrClNO3. The molecule has 0 bridgehead atoms. The van der Waals surface area contributed by atoms with E-state index in [1.807, 2.05) is 12.1 Å². The lowest BCUT2D eigenvalue weighted by atomic mass is 10.2. The van der Waals surface area contributed by atoms with Crippen LogP contribution in [0.3, 0.4) is 0 Å². The molecule has 2 rings (SSSR count). The fourth-order valence-corrected chi connectivity index (χ4v) is 2.39. The van der Waals surface area contributed by atoms with Crippen LogP contribution in [0.5, 0.6) is 11.5 Å². The first kappa shape index (κ1) is 14.8. The Bertz CT molecular complexity index is 661. The van der Waals surface area contributed by atoms with Crippen molar-refractivity contribution in [3.63, 3.8) is 0 Å². The Balaban J connectivity index is 2.31. The Morgan fingerprint density at radius 3 is 2.65 bits per heavy atom. The van der Waals surface area contributed by atoms with E-state index < -0.39 is 4.92 Å². The summed E-state index contributed by atoms with van der Waals surface area (Å²) in [4.78, 5) is 10.4. The Morgan fingerprint density at radius 1 is 1.30 bits per heavy atom. The Kier molecular flexibility index (Phi) is 4.62. The molecule has 0 aliphatic carbocycles. The normalized spacial score (nSPS) is 10.3. The molecule has 0 radical (unpaired) electrons. The second-order valence-corrected chi connectivity index (χ2v) is 5.38. The summed E-state index contributed by atoms with van der Waals surface area (Å²) >= 11 is 9.25. The van der Waals surface area contributed by atoms with Gasteiger partial charge >= 0.3 is 0 Å². The molecule has 20 heavy (non-hydrogen) atoms. The van der Waals surface area contributed by atoms with Gasteiger partial charge in [0.15, 0.2) is 0 Å². The van der Waals surface area contributed by atoms with Gasteiger partial charge in [-0.15, -0.1) is 11.6 Å². The number of hydrogen-bond donors (Lipinski definition) is 0. The highest BCUT2D eigenvalue weighted by Gasteiger charge is 2.12. The summed E-state index contributed by atoms with van der Waals surface area (Å²) in [5, 5.41) is 10.8. The van der Waals surface area contributed by atoms with Crippen molar-refractivity contribution in [1.82, 2.24) is 0 Å². The molecule has 4 nitrogen and oxygen atoms in total. The minimum Gasteiger partial charge on any atom is -0.457 e. The third-order valence-corrected chi connectivity index (χ3v) is 3.54. The number of nitro groups is 1. The van der Waals surface area contributed by atoms with Crippen LogP contribution in [-0.2, 0) is 5.88 Å². The first-order valence-electron chi connectivity index (χ1n) is 5.78. The molecule has 0 unspecified atom stereocenters. The minimum atomic E-state index is -0.414. The van der Waals surface area contributed by atoms with E-state index >= 15 is 0 Å². The maximum atomic E-state index is 10.8. The van der Waals surface area contributed by atoms with E-state index in [2.05, 4.69) is 15.9 Å². The van der Waals surface area contributed by atoms with Crippen LogP contribution in [0, 0.1) is 17.0 Å². The van der Waals surface area contributed by atoms with Gasteiger partial charge in [-0.1, -0.05) is 15.9 Å². The number of nitro benzene ring substituents is 1. The summed E-state index contributed by atoms with van der Waals surface area (Å²) < 4.78 is 6.66. The molecule has 0 N–H and O–H groups in total. The number of ether oxygens (including phenoxy) is 1. The van der Waals surface area contributed by atoms with Gasteiger partial charge in [-0.3, -0.25) is 10.1 Å². The van der Waals surface area contributed by atoms with Gasteiger partial charge in [0.1, 0.15) is 11.5 Å². The van der Waals surface area contributed by atoms with E-state index in [1.165, 1.54) is 6.07 Å². The van der Waals surface area contributed by atoms with Gasteiger partial charge in [0.2, 0.25) is 0 Å². The highest BCUT2D eigenvalue weighted by molar-refractivity contribution is 9.10. The van der Waals surface area contributed by atoms with Crippen LogP contribution >= 0.6 is 27.5 Å². The summed E-state index contributed by atoms with van der Waals surface area (Å²) in [6.07, 6.45) is 0. The summed E-state index contributed by atoms with van der Waals surface area (Å²) in [6.45, 7) is 1.68. The summed E-state index contributed by atoms with van der Waals surface area (Å²) in [6, 6.07) is 10.2. The molecule has 0 heterocycles. The lowest BCUT2D eigenvalue weighted by Crippen LogP contribution is -1.94. The zero-order valence-electron chi connectivity index (χ0n) is 10.6. The molecular weight excluding hydrogens is 346 g/mol. The lowest BCUT2D eigenvalue weighted by Gasteiger charge is -2.10. The lowest BCUT2D eigenvalue weighted by molar-refractivity contribution is -0.385. The molecule has 0 fully saturated rings. The molecule has 6 heteroatoms. The predicted molar refractivity (Wildman–Crippen MR) is 81.6 cm³/mol. The van der Waals surface area contributed by atoms with Gasteiger partial charge in [0.05, 0.1) is 10.8 Å². The average Bonchev–Trinajstić information content (AvgIpc) is 2.40. The van der Waals surface area contributed by atoms with Crippen molar-refractivity contribution in [2.75, 3.05) is 0 Å². The number of benzene rings is 2. The summed E-state index contributed by atoms with van der Waals surface area (Å²) in [5.41, 5.74) is 1.47. The first-order chi connectivity index (χ1) is 9.51. The van der Waals surface area contributed by atoms with Crippen LogP contribution in [0.2, 0.25) is 0 Å². The molecule has 0 amide bonds. The Morgan fingerprint density at radius 2 is 2.05 bits per heavy atom. The molecule has 0 saturated carbocycles. The van der Waals surface area contributed by atoms with E-state index in [0.29, 0.717) is 22.9 Å². The standard InChI is InChI=1S/C14H11BrClNO3/c1-9-6-12(3-4-13(9)17(18)19)20-14-5-2-11(15)7-10(14)8-16/h2-7H,8H2,1H3. The minimum absolute atomic E-state index is 0.0747. The molecule has 0 saturated heterocycles. The molecule has 0 aliphatic heterocycles. The average molecular weight is 357 g/mol. The second kappa shape index (κ2) is 6.24. The van der Waals surface area contributed by atoms with Crippen LogP contribution in [0.15, 0.2) is 40.9 Å². The van der Waals surface area contributed by atoms with Gasteiger partial charge in [0.25, 0.3) is 5.69 Å². The molecule has 0 atom stereocenters. The van der Waals surface area contributed by atoms with E-state index in [1.54, 1.807) is 25.1 Å². The topological polar surface area (TPSA) is 52.4 Å². The third kappa shape index (κ3) is 3.29. The number of alkyl halides is 1. The largest absolute Gasteiger partial charge is 0.457 e. The van der Waals surface area contributed by atoms with Crippen molar-refractivity contribution in [3.8, 4) is 11.5 Å². The van der Waals surface area contributed by atoms with Gasteiger partial charge in [0, 0.05) is 21.7 Å². The van der Waals surface area contributed by atoms with E-state index in [9.17, 15) is 10.1 Å². The summed E-state index contributed by atoms with van der Waals surface area (Å²) in [5.74, 6) is 1.50. The van der Waals surface area contributed by atoms with Crippen molar-refractivity contribution in [1.29, 1.82) is 0 Å². The summed E-state index contributed by atoms with van der Waals surface area (Å²) in [7, 11) is 0. The first-order valence-corrected chi connectivity index (χ1v) is 7.11. The number of rotatable bonds is 4. The molecule has 2 aromatic rings. The number of halogens is 2. The van der Waals surface area contributed by atoms with E-state index in [4.69, 9.17) is 16.3 Å². The van der Waals surface area contributed by atoms with Crippen molar-refractivity contribution in [3.05, 3.63) is 62.1 Å². The van der Waals surface area contributed by atoms with Crippen molar-refractivity contribution in [2.24, 2.45) is 0 Å². The maximum Gasteiger partial charge on any atom is 0.272 e. The fraction of sp³-hybridized carbons (Fsp3) is 0.143. The SMILES string of the molecule is Cc1cc(Oc2ccc(Br)cc2CCl)ccc1[N+](=O)[O-]. The number of nitrogens with zero attached hydrogens (tertiary/aromatic N) is 1. The molecule has 2 aromatic carbocycles. The third-order valence-electron chi connectivity index (χ3n) is 2.76. The van der Waals surface area contributed by atoms with Crippen molar-refractivity contribution >= 4 is 33.2 Å². The molecule has 0 aliphatic rings. The Hall–Kier alpha value is -1.59. The number of aryl methyl sites for hydroxylation is 1. The van der Waals surface area contributed by atoms with Crippen molar-refractivity contribution in [2.45, 2.75) is 12.8 Å². The monoisotopic (exact) mass is 355 g/mol. The smallest absolute Gasteiger partial charge is 0.272 e. The molecule has 0 spiro atoms. The van der Waals surface area contributed by atoms with Crippen LogP contribution < -0.4 is 4.74 Å². The molecule has 0 aromatic heterocycles.